The number of rotatable bonds is 8. The summed E-state index contributed by atoms with van der Waals surface area (Å²) < 4.78 is 10.8. The first-order chi connectivity index (χ1) is 7.86. The zero-order chi connectivity index (χ0) is 11.6. The third-order valence-electron chi connectivity index (χ3n) is 1.94. The van der Waals surface area contributed by atoms with Gasteiger partial charge in [0.15, 0.2) is 0 Å². The van der Waals surface area contributed by atoms with E-state index in [1.807, 2.05) is 13.0 Å². The molecule has 1 rings (SSSR count). The molecule has 4 nitrogen and oxygen atoms in total. The minimum atomic E-state index is 0.567. The van der Waals surface area contributed by atoms with E-state index in [4.69, 9.17) is 9.47 Å². The van der Waals surface area contributed by atoms with Crippen molar-refractivity contribution in [1.82, 2.24) is 4.98 Å². The highest BCUT2D eigenvalue weighted by molar-refractivity contribution is 5.44. The number of nitrogens with one attached hydrogen (secondary N) is 1. The lowest BCUT2D eigenvalue weighted by Crippen LogP contribution is -2.07. The van der Waals surface area contributed by atoms with Gasteiger partial charge in [-0.15, -0.1) is 0 Å². The van der Waals surface area contributed by atoms with E-state index in [9.17, 15) is 0 Å². The summed E-state index contributed by atoms with van der Waals surface area (Å²) >= 11 is 0. The van der Waals surface area contributed by atoms with Crippen LogP contribution in [0.2, 0.25) is 0 Å². The first-order valence-electron chi connectivity index (χ1n) is 5.76. The van der Waals surface area contributed by atoms with Crippen molar-refractivity contribution in [1.29, 1.82) is 0 Å². The molecule has 4 heteroatoms. The molecule has 0 aliphatic carbocycles. The molecule has 1 heterocycles. The number of pyridine rings is 1. The largest absolute Gasteiger partial charge is 0.489 e. The van der Waals surface area contributed by atoms with E-state index in [-0.39, 0.29) is 0 Å². The molecule has 0 saturated carbocycles. The van der Waals surface area contributed by atoms with Gasteiger partial charge in [0.2, 0.25) is 0 Å². The smallest absolute Gasteiger partial charge is 0.139 e. The summed E-state index contributed by atoms with van der Waals surface area (Å²) in [4.78, 5) is 4.09. The highest BCUT2D eigenvalue weighted by Crippen LogP contribution is 2.14. The third kappa shape index (κ3) is 4.98. The van der Waals surface area contributed by atoms with Crippen molar-refractivity contribution >= 4 is 5.69 Å². The van der Waals surface area contributed by atoms with Gasteiger partial charge in [0.25, 0.3) is 0 Å². The van der Waals surface area contributed by atoms with Crippen molar-refractivity contribution in [3.8, 4) is 5.75 Å². The van der Waals surface area contributed by atoms with Crippen LogP contribution in [0.1, 0.15) is 20.3 Å². The molecule has 0 fully saturated rings. The van der Waals surface area contributed by atoms with Crippen LogP contribution in [-0.4, -0.2) is 31.3 Å². The predicted molar refractivity (Wildman–Crippen MR) is 65.0 cm³/mol. The zero-order valence-corrected chi connectivity index (χ0v) is 10.0. The van der Waals surface area contributed by atoms with E-state index in [1.54, 1.807) is 12.4 Å². The fourth-order valence-corrected chi connectivity index (χ4v) is 1.26. The molecule has 90 valence electrons. The first-order valence-corrected chi connectivity index (χ1v) is 5.76. The lowest BCUT2D eigenvalue weighted by molar-refractivity contribution is 0.100. The second-order valence-electron chi connectivity index (χ2n) is 3.40. The number of nitrogens with zero attached hydrogens (tertiary/aromatic N) is 1. The number of hydrogen-bond donors (Lipinski definition) is 1. The van der Waals surface area contributed by atoms with Gasteiger partial charge in [0.1, 0.15) is 12.4 Å². The van der Waals surface area contributed by atoms with Gasteiger partial charge >= 0.3 is 0 Å². The number of hydrogen-bond acceptors (Lipinski definition) is 4. The van der Waals surface area contributed by atoms with Gasteiger partial charge in [-0.1, -0.05) is 6.92 Å². The summed E-state index contributed by atoms with van der Waals surface area (Å²) in [5, 5.41) is 3.18. The van der Waals surface area contributed by atoms with Crippen molar-refractivity contribution in [2.45, 2.75) is 20.3 Å². The molecule has 16 heavy (non-hydrogen) atoms. The standard InChI is InChI=1S/C12H20N2O2/c1-3-5-15-6-7-16-12-8-11(14-4-2)9-13-10-12/h8-10,14H,3-7H2,1-2H3. The SMILES string of the molecule is CCCOCCOc1cncc(NCC)c1. The van der Waals surface area contributed by atoms with E-state index in [0.29, 0.717) is 13.2 Å². The molecule has 0 spiro atoms. The van der Waals surface area contributed by atoms with Crippen molar-refractivity contribution in [3.05, 3.63) is 18.5 Å². The van der Waals surface area contributed by atoms with E-state index in [1.165, 1.54) is 0 Å². The minimum absolute atomic E-state index is 0.567. The molecule has 0 bridgehead atoms. The van der Waals surface area contributed by atoms with Crippen molar-refractivity contribution in [2.75, 3.05) is 31.7 Å². The number of anilines is 1. The van der Waals surface area contributed by atoms with Gasteiger partial charge in [-0.2, -0.15) is 0 Å². The Morgan fingerprint density at radius 2 is 2.06 bits per heavy atom. The maximum absolute atomic E-state index is 5.51. The van der Waals surface area contributed by atoms with Crippen LogP contribution in [0.3, 0.4) is 0 Å². The Morgan fingerprint density at radius 3 is 2.81 bits per heavy atom. The monoisotopic (exact) mass is 224 g/mol. The van der Waals surface area contributed by atoms with Gasteiger partial charge in [0, 0.05) is 19.2 Å². The van der Waals surface area contributed by atoms with Crippen LogP contribution in [0.15, 0.2) is 18.5 Å². The average molecular weight is 224 g/mol. The molecule has 0 radical (unpaired) electrons. The van der Waals surface area contributed by atoms with Gasteiger partial charge in [0.05, 0.1) is 24.7 Å². The summed E-state index contributed by atoms with van der Waals surface area (Å²) in [7, 11) is 0. The summed E-state index contributed by atoms with van der Waals surface area (Å²) in [6.45, 7) is 7.00. The van der Waals surface area contributed by atoms with Gasteiger partial charge in [-0.25, -0.2) is 0 Å². The summed E-state index contributed by atoms with van der Waals surface area (Å²) in [5.74, 6) is 0.776. The van der Waals surface area contributed by atoms with Crippen molar-refractivity contribution < 1.29 is 9.47 Å². The zero-order valence-electron chi connectivity index (χ0n) is 10.0. The normalized spacial score (nSPS) is 10.1. The third-order valence-corrected chi connectivity index (χ3v) is 1.94. The quantitative estimate of drug-likeness (QED) is 0.688. The molecule has 0 aromatic carbocycles. The number of ether oxygens (including phenoxy) is 2. The second kappa shape index (κ2) is 7.93. The van der Waals surface area contributed by atoms with Crippen LogP contribution in [-0.2, 0) is 4.74 Å². The highest BCUT2D eigenvalue weighted by Gasteiger charge is 1.96. The topological polar surface area (TPSA) is 43.4 Å². The maximum Gasteiger partial charge on any atom is 0.139 e. The van der Waals surface area contributed by atoms with Crippen LogP contribution in [0, 0.1) is 0 Å². The molecule has 1 N–H and O–H groups in total. The fraction of sp³-hybridized carbons (Fsp3) is 0.583. The highest BCUT2D eigenvalue weighted by atomic mass is 16.5. The van der Waals surface area contributed by atoms with Crippen LogP contribution >= 0.6 is 0 Å². The lowest BCUT2D eigenvalue weighted by Gasteiger charge is -2.08. The molecule has 0 saturated heterocycles. The molecular weight excluding hydrogens is 204 g/mol. The van der Waals surface area contributed by atoms with E-state index < -0.39 is 0 Å². The van der Waals surface area contributed by atoms with Crippen molar-refractivity contribution in [3.63, 3.8) is 0 Å². The molecule has 0 atom stereocenters. The van der Waals surface area contributed by atoms with E-state index in [0.717, 1.165) is 31.0 Å². The first kappa shape index (κ1) is 12.8. The molecule has 1 aromatic heterocycles. The Hall–Kier alpha value is -1.29. The van der Waals surface area contributed by atoms with Gasteiger partial charge in [-0.05, 0) is 13.3 Å². The van der Waals surface area contributed by atoms with Crippen LogP contribution < -0.4 is 10.1 Å². The van der Waals surface area contributed by atoms with Gasteiger partial charge < -0.3 is 14.8 Å². The van der Waals surface area contributed by atoms with Crippen molar-refractivity contribution in [2.24, 2.45) is 0 Å². The van der Waals surface area contributed by atoms with Crippen LogP contribution in [0.25, 0.3) is 0 Å². The molecule has 0 aliphatic heterocycles. The van der Waals surface area contributed by atoms with Crippen LogP contribution in [0.4, 0.5) is 5.69 Å². The minimum Gasteiger partial charge on any atom is -0.489 e. The maximum atomic E-state index is 5.51. The second-order valence-corrected chi connectivity index (χ2v) is 3.40. The van der Waals surface area contributed by atoms with E-state index in [2.05, 4.69) is 17.2 Å². The molecule has 0 amide bonds. The fourth-order valence-electron chi connectivity index (χ4n) is 1.26. The van der Waals surface area contributed by atoms with Crippen LogP contribution in [0.5, 0.6) is 5.75 Å². The lowest BCUT2D eigenvalue weighted by atomic mass is 10.4. The molecular formula is C12H20N2O2. The van der Waals surface area contributed by atoms with E-state index >= 15 is 0 Å². The Labute approximate surface area is 97.0 Å². The summed E-state index contributed by atoms with van der Waals surface area (Å²) in [6.07, 6.45) is 4.53. The Morgan fingerprint density at radius 1 is 1.19 bits per heavy atom. The molecule has 0 unspecified atom stereocenters. The Bertz CT molecular complexity index is 292. The summed E-state index contributed by atoms with van der Waals surface area (Å²) in [6, 6.07) is 1.94. The average Bonchev–Trinajstić information content (AvgIpc) is 2.30. The Kier molecular flexibility index (Phi) is 6.33. The predicted octanol–water partition coefficient (Wildman–Crippen LogP) is 2.32. The summed E-state index contributed by atoms with van der Waals surface area (Å²) in [5.41, 5.74) is 0.981. The Balaban J connectivity index is 2.27. The number of aromatic nitrogens is 1. The molecule has 0 aliphatic rings. The molecule has 1 aromatic rings. The van der Waals surface area contributed by atoms with Gasteiger partial charge in [-0.3, -0.25) is 4.98 Å².